The van der Waals surface area contributed by atoms with Gasteiger partial charge in [0.15, 0.2) is 0 Å². The van der Waals surface area contributed by atoms with Gasteiger partial charge in [0.05, 0.1) is 17.1 Å². The van der Waals surface area contributed by atoms with Crippen LogP contribution in [0.15, 0.2) is 34.7 Å². The molecule has 0 radical (unpaired) electrons. The van der Waals surface area contributed by atoms with E-state index in [1.54, 1.807) is 18.2 Å². The van der Waals surface area contributed by atoms with Crippen LogP contribution in [-0.4, -0.2) is 5.91 Å². The van der Waals surface area contributed by atoms with Gasteiger partial charge in [-0.25, -0.2) is 0 Å². The van der Waals surface area contributed by atoms with Crippen molar-refractivity contribution in [2.75, 3.05) is 5.73 Å². The number of carbonyl (C=O) groups excluding carboxylic acids is 1. The Balaban J connectivity index is 2.05. The van der Waals surface area contributed by atoms with Gasteiger partial charge >= 0.3 is 0 Å². The molecule has 2 aromatic rings. The maximum absolute atomic E-state index is 11.9. The molecule has 1 aromatic heterocycles. The van der Waals surface area contributed by atoms with Gasteiger partial charge in [-0.2, -0.15) is 0 Å². The fourth-order valence-corrected chi connectivity index (χ4v) is 1.76. The van der Waals surface area contributed by atoms with E-state index in [0.29, 0.717) is 28.6 Å². The zero-order chi connectivity index (χ0) is 13.1. The Labute approximate surface area is 110 Å². The summed E-state index contributed by atoms with van der Waals surface area (Å²) in [6, 6.07) is 8.45. The molecule has 0 fully saturated rings. The maximum Gasteiger partial charge on any atom is 0.253 e. The van der Waals surface area contributed by atoms with Crippen molar-refractivity contribution in [3.8, 4) is 0 Å². The molecule has 0 atom stereocenters. The van der Waals surface area contributed by atoms with E-state index < -0.39 is 0 Å². The largest absolute Gasteiger partial charge is 0.465 e. The van der Waals surface area contributed by atoms with Gasteiger partial charge in [0.25, 0.3) is 5.91 Å². The summed E-state index contributed by atoms with van der Waals surface area (Å²) in [5.41, 5.74) is 6.48. The van der Waals surface area contributed by atoms with Gasteiger partial charge in [-0.3, -0.25) is 4.79 Å². The molecule has 0 aliphatic carbocycles. The van der Waals surface area contributed by atoms with Gasteiger partial charge in [-0.15, -0.1) is 0 Å². The number of rotatable bonds is 3. The number of hydrogen-bond acceptors (Lipinski definition) is 3. The SMILES string of the molecule is Cc1ccc(CNC(=O)c2cc(N)ccc2Cl)o1. The summed E-state index contributed by atoms with van der Waals surface area (Å²) in [7, 11) is 0. The normalized spacial score (nSPS) is 10.3. The smallest absolute Gasteiger partial charge is 0.253 e. The lowest BCUT2D eigenvalue weighted by atomic mass is 10.2. The quantitative estimate of drug-likeness (QED) is 0.838. The molecule has 5 heteroatoms. The zero-order valence-electron chi connectivity index (χ0n) is 9.87. The van der Waals surface area contributed by atoms with E-state index in [2.05, 4.69) is 5.32 Å². The molecule has 0 bridgehead atoms. The molecule has 18 heavy (non-hydrogen) atoms. The van der Waals surface area contributed by atoms with Crippen LogP contribution in [0.25, 0.3) is 0 Å². The minimum atomic E-state index is -0.277. The summed E-state index contributed by atoms with van der Waals surface area (Å²) >= 11 is 5.94. The molecule has 4 nitrogen and oxygen atoms in total. The van der Waals surface area contributed by atoms with Crippen LogP contribution in [-0.2, 0) is 6.54 Å². The summed E-state index contributed by atoms with van der Waals surface area (Å²) < 4.78 is 5.35. The molecule has 3 N–H and O–H groups in total. The van der Waals surface area contributed by atoms with Crippen LogP contribution in [0.4, 0.5) is 5.69 Å². The third kappa shape index (κ3) is 2.84. The highest BCUT2D eigenvalue weighted by Gasteiger charge is 2.11. The number of nitrogen functional groups attached to an aromatic ring is 1. The molecule has 0 aliphatic rings. The number of halogens is 1. The lowest BCUT2D eigenvalue weighted by molar-refractivity contribution is 0.0948. The molecule has 0 saturated carbocycles. The Morgan fingerprint density at radius 3 is 2.83 bits per heavy atom. The van der Waals surface area contributed by atoms with E-state index in [0.717, 1.165) is 5.76 Å². The lowest BCUT2D eigenvalue weighted by Gasteiger charge is -2.06. The van der Waals surface area contributed by atoms with E-state index in [-0.39, 0.29) is 5.91 Å². The molecule has 1 heterocycles. The van der Waals surface area contributed by atoms with Crippen LogP contribution in [0.1, 0.15) is 21.9 Å². The average molecular weight is 265 g/mol. The minimum absolute atomic E-state index is 0.277. The molecular formula is C13H13ClN2O2. The molecule has 1 amide bonds. The maximum atomic E-state index is 11.9. The van der Waals surface area contributed by atoms with Gasteiger partial charge in [0.2, 0.25) is 0 Å². The fourth-order valence-electron chi connectivity index (χ4n) is 1.56. The van der Waals surface area contributed by atoms with Crippen molar-refractivity contribution in [1.29, 1.82) is 0 Å². The van der Waals surface area contributed by atoms with E-state index in [1.807, 2.05) is 19.1 Å². The van der Waals surface area contributed by atoms with Crippen LogP contribution in [0.3, 0.4) is 0 Å². The summed E-state index contributed by atoms with van der Waals surface area (Å²) in [4.78, 5) is 11.9. The van der Waals surface area contributed by atoms with E-state index in [4.69, 9.17) is 21.8 Å². The van der Waals surface area contributed by atoms with Crippen molar-refractivity contribution in [3.05, 3.63) is 52.4 Å². The first-order valence-electron chi connectivity index (χ1n) is 5.45. The second-order valence-corrected chi connectivity index (χ2v) is 4.34. The third-order valence-corrected chi connectivity index (χ3v) is 2.78. The Kier molecular flexibility index (Phi) is 3.58. The number of amides is 1. The fraction of sp³-hybridized carbons (Fsp3) is 0.154. The first-order chi connectivity index (χ1) is 8.56. The van der Waals surface area contributed by atoms with Gasteiger partial charge in [0, 0.05) is 5.69 Å². The molecular weight excluding hydrogens is 252 g/mol. The van der Waals surface area contributed by atoms with Gasteiger partial charge in [0.1, 0.15) is 11.5 Å². The van der Waals surface area contributed by atoms with Gasteiger partial charge in [-0.05, 0) is 37.3 Å². The minimum Gasteiger partial charge on any atom is -0.465 e. The monoisotopic (exact) mass is 264 g/mol. The first-order valence-corrected chi connectivity index (χ1v) is 5.82. The number of anilines is 1. The highest BCUT2D eigenvalue weighted by atomic mass is 35.5. The standard InChI is InChI=1S/C13H13ClN2O2/c1-8-2-4-10(18-8)7-16-13(17)11-6-9(15)3-5-12(11)14/h2-6H,7,15H2,1H3,(H,16,17). The number of aryl methyl sites for hydroxylation is 1. The second-order valence-electron chi connectivity index (χ2n) is 3.93. The summed E-state index contributed by atoms with van der Waals surface area (Å²) in [6.07, 6.45) is 0. The van der Waals surface area contributed by atoms with Crippen molar-refractivity contribution >= 4 is 23.2 Å². The number of carbonyl (C=O) groups is 1. The van der Waals surface area contributed by atoms with Gasteiger partial charge < -0.3 is 15.5 Å². The number of nitrogens with two attached hydrogens (primary N) is 1. The lowest BCUT2D eigenvalue weighted by Crippen LogP contribution is -2.23. The molecule has 0 aliphatic heterocycles. The van der Waals surface area contributed by atoms with Crippen molar-refractivity contribution in [2.24, 2.45) is 0 Å². The Morgan fingerprint density at radius 1 is 1.39 bits per heavy atom. The number of furan rings is 1. The second kappa shape index (κ2) is 5.14. The first kappa shape index (κ1) is 12.5. The molecule has 0 spiro atoms. The van der Waals surface area contributed by atoms with Crippen LogP contribution in [0.2, 0.25) is 5.02 Å². The van der Waals surface area contributed by atoms with Crippen molar-refractivity contribution < 1.29 is 9.21 Å². The van der Waals surface area contributed by atoms with E-state index in [9.17, 15) is 4.79 Å². The molecule has 0 saturated heterocycles. The highest BCUT2D eigenvalue weighted by molar-refractivity contribution is 6.34. The summed E-state index contributed by atoms with van der Waals surface area (Å²) in [6.45, 7) is 2.16. The predicted octanol–water partition coefficient (Wildman–Crippen LogP) is 2.75. The van der Waals surface area contributed by atoms with E-state index in [1.165, 1.54) is 0 Å². The molecule has 0 unspecified atom stereocenters. The van der Waals surface area contributed by atoms with Crippen molar-refractivity contribution in [2.45, 2.75) is 13.5 Å². The Hall–Kier alpha value is -1.94. The third-order valence-electron chi connectivity index (χ3n) is 2.45. The molecule has 1 aromatic carbocycles. The van der Waals surface area contributed by atoms with Gasteiger partial charge in [-0.1, -0.05) is 11.6 Å². The van der Waals surface area contributed by atoms with Crippen molar-refractivity contribution in [1.82, 2.24) is 5.32 Å². The number of benzene rings is 1. The van der Waals surface area contributed by atoms with E-state index >= 15 is 0 Å². The van der Waals surface area contributed by atoms with Crippen LogP contribution >= 0.6 is 11.6 Å². The Morgan fingerprint density at radius 2 is 2.17 bits per heavy atom. The molecule has 2 rings (SSSR count). The topological polar surface area (TPSA) is 68.3 Å². The molecule has 94 valence electrons. The summed E-state index contributed by atoms with van der Waals surface area (Å²) in [5.74, 6) is 1.23. The highest BCUT2D eigenvalue weighted by Crippen LogP contribution is 2.18. The number of hydrogen-bond donors (Lipinski definition) is 2. The van der Waals surface area contributed by atoms with Crippen molar-refractivity contribution in [3.63, 3.8) is 0 Å². The Bertz CT molecular complexity index is 578. The summed E-state index contributed by atoms with van der Waals surface area (Å²) in [5, 5.41) is 3.10. The van der Waals surface area contributed by atoms with Crippen LogP contribution < -0.4 is 11.1 Å². The number of nitrogens with one attached hydrogen (secondary N) is 1. The average Bonchev–Trinajstić information content (AvgIpc) is 2.75. The van der Waals surface area contributed by atoms with Crippen LogP contribution in [0, 0.1) is 6.92 Å². The van der Waals surface area contributed by atoms with Crippen LogP contribution in [0.5, 0.6) is 0 Å². The zero-order valence-corrected chi connectivity index (χ0v) is 10.6. The predicted molar refractivity (Wildman–Crippen MR) is 70.5 cm³/mol.